The van der Waals surface area contributed by atoms with Crippen LogP contribution in [0.25, 0.3) is 0 Å². The van der Waals surface area contributed by atoms with E-state index in [9.17, 15) is 0 Å². The molecule has 4 heteroatoms. The molecular weight excluding hydrogens is 286 g/mol. The largest absolute Gasteiger partial charge is 0.493 e. The average Bonchev–Trinajstić information content (AvgIpc) is 2.41. The van der Waals surface area contributed by atoms with Crippen LogP contribution in [0.15, 0.2) is 12.1 Å². The Bertz CT molecular complexity index is 455. The molecule has 1 aromatic carbocycles. The van der Waals surface area contributed by atoms with Crippen molar-refractivity contribution in [3.8, 4) is 11.5 Å². The number of hydrogen-bond acceptors (Lipinski definition) is 3. The van der Waals surface area contributed by atoms with Crippen molar-refractivity contribution in [2.45, 2.75) is 46.6 Å². The van der Waals surface area contributed by atoms with Crippen molar-refractivity contribution in [2.75, 3.05) is 20.8 Å². The number of halogens is 1. The van der Waals surface area contributed by atoms with Gasteiger partial charge < -0.3 is 14.8 Å². The summed E-state index contributed by atoms with van der Waals surface area (Å²) in [6, 6.07) is 4.26. The van der Waals surface area contributed by atoms with Crippen LogP contribution in [0.5, 0.6) is 11.5 Å². The molecule has 1 rings (SSSR count). The second kappa shape index (κ2) is 7.90. The lowest BCUT2D eigenvalue weighted by Crippen LogP contribution is -2.22. The molecule has 0 aliphatic carbocycles. The second-order valence-corrected chi connectivity index (χ2v) is 6.86. The van der Waals surface area contributed by atoms with Crippen LogP contribution in [-0.2, 0) is 0 Å². The molecule has 0 bridgehead atoms. The molecular formula is C17H28ClNO2. The zero-order valence-electron chi connectivity index (χ0n) is 14.0. The summed E-state index contributed by atoms with van der Waals surface area (Å²) < 4.78 is 10.7. The fourth-order valence-corrected chi connectivity index (χ4v) is 2.65. The minimum atomic E-state index is 0.270. The molecule has 0 aromatic heterocycles. The van der Waals surface area contributed by atoms with E-state index in [1.807, 2.05) is 12.1 Å². The lowest BCUT2D eigenvalue weighted by Gasteiger charge is -2.25. The van der Waals surface area contributed by atoms with E-state index in [0.717, 1.165) is 24.9 Å². The lowest BCUT2D eigenvalue weighted by atomic mass is 9.87. The van der Waals surface area contributed by atoms with E-state index in [4.69, 9.17) is 21.1 Å². The van der Waals surface area contributed by atoms with Gasteiger partial charge in [-0.25, -0.2) is 0 Å². The zero-order chi connectivity index (χ0) is 16.0. The molecule has 0 radical (unpaired) electrons. The van der Waals surface area contributed by atoms with Crippen molar-refractivity contribution in [3.05, 3.63) is 22.7 Å². The minimum Gasteiger partial charge on any atom is -0.493 e. The van der Waals surface area contributed by atoms with Gasteiger partial charge >= 0.3 is 0 Å². The highest BCUT2D eigenvalue weighted by Crippen LogP contribution is 2.39. The van der Waals surface area contributed by atoms with Gasteiger partial charge in [0.2, 0.25) is 0 Å². The van der Waals surface area contributed by atoms with E-state index in [1.54, 1.807) is 14.2 Å². The first-order valence-electron chi connectivity index (χ1n) is 7.47. The molecule has 0 spiro atoms. The Morgan fingerprint density at radius 3 is 2.33 bits per heavy atom. The predicted molar refractivity (Wildman–Crippen MR) is 89.7 cm³/mol. The summed E-state index contributed by atoms with van der Waals surface area (Å²) in [6.45, 7) is 9.82. The zero-order valence-corrected chi connectivity index (χ0v) is 14.8. The van der Waals surface area contributed by atoms with Gasteiger partial charge in [-0.3, -0.25) is 0 Å². The summed E-state index contributed by atoms with van der Waals surface area (Å²) >= 11 is 6.31. The van der Waals surface area contributed by atoms with E-state index in [0.29, 0.717) is 21.9 Å². The number of benzene rings is 1. The number of ether oxygens (including phenoxy) is 2. The smallest absolute Gasteiger partial charge is 0.179 e. The van der Waals surface area contributed by atoms with Crippen molar-refractivity contribution in [3.63, 3.8) is 0 Å². The number of rotatable bonds is 7. The standard InChI is InChI=1S/C17H28ClNO2/c1-7-19-14(8-9-17(2,3)4)12-10-13(18)16(21-6)15(11-12)20-5/h10-11,14,19H,7-9H2,1-6H3. The Balaban J connectivity index is 3.05. The molecule has 1 aromatic rings. The molecule has 3 nitrogen and oxygen atoms in total. The highest BCUT2D eigenvalue weighted by atomic mass is 35.5. The molecule has 1 unspecified atom stereocenters. The monoisotopic (exact) mass is 313 g/mol. The summed E-state index contributed by atoms with van der Waals surface area (Å²) in [6.07, 6.45) is 2.19. The normalized spacial score (nSPS) is 13.1. The summed E-state index contributed by atoms with van der Waals surface area (Å²) in [5, 5.41) is 4.12. The molecule has 0 aliphatic heterocycles. The lowest BCUT2D eigenvalue weighted by molar-refractivity contribution is 0.331. The van der Waals surface area contributed by atoms with Gasteiger partial charge in [0.1, 0.15) is 0 Å². The van der Waals surface area contributed by atoms with Crippen molar-refractivity contribution >= 4 is 11.6 Å². The van der Waals surface area contributed by atoms with Gasteiger partial charge in [0.25, 0.3) is 0 Å². The predicted octanol–water partition coefficient (Wildman–Crippen LogP) is 4.83. The van der Waals surface area contributed by atoms with Gasteiger partial charge in [-0.05, 0) is 42.5 Å². The minimum absolute atomic E-state index is 0.270. The molecule has 0 heterocycles. The molecule has 0 saturated carbocycles. The van der Waals surface area contributed by atoms with Crippen LogP contribution in [0, 0.1) is 5.41 Å². The van der Waals surface area contributed by atoms with Gasteiger partial charge in [0, 0.05) is 6.04 Å². The van der Waals surface area contributed by atoms with E-state index >= 15 is 0 Å². The fraction of sp³-hybridized carbons (Fsp3) is 0.647. The quantitative estimate of drug-likeness (QED) is 0.781. The maximum Gasteiger partial charge on any atom is 0.179 e. The summed E-state index contributed by atoms with van der Waals surface area (Å²) in [5.74, 6) is 1.27. The van der Waals surface area contributed by atoms with Crippen molar-refractivity contribution < 1.29 is 9.47 Å². The van der Waals surface area contributed by atoms with Crippen LogP contribution in [0.2, 0.25) is 5.02 Å². The van der Waals surface area contributed by atoms with Gasteiger partial charge in [-0.2, -0.15) is 0 Å². The van der Waals surface area contributed by atoms with Crippen LogP contribution in [0.3, 0.4) is 0 Å². The van der Waals surface area contributed by atoms with Crippen LogP contribution >= 0.6 is 11.6 Å². The second-order valence-electron chi connectivity index (χ2n) is 6.45. The highest BCUT2D eigenvalue weighted by molar-refractivity contribution is 6.32. The molecule has 21 heavy (non-hydrogen) atoms. The molecule has 0 amide bonds. The van der Waals surface area contributed by atoms with E-state index < -0.39 is 0 Å². The SMILES string of the molecule is CCNC(CCC(C)(C)C)c1cc(Cl)c(OC)c(OC)c1. The highest BCUT2D eigenvalue weighted by Gasteiger charge is 2.19. The first-order valence-corrected chi connectivity index (χ1v) is 7.85. The fourth-order valence-electron chi connectivity index (χ4n) is 2.35. The van der Waals surface area contributed by atoms with E-state index in [-0.39, 0.29) is 6.04 Å². The van der Waals surface area contributed by atoms with Gasteiger partial charge in [-0.15, -0.1) is 0 Å². The van der Waals surface area contributed by atoms with E-state index in [1.165, 1.54) is 0 Å². The first-order chi connectivity index (χ1) is 9.82. The Morgan fingerprint density at radius 2 is 1.86 bits per heavy atom. The molecule has 1 atom stereocenters. The van der Waals surface area contributed by atoms with Gasteiger partial charge in [0.05, 0.1) is 19.2 Å². The van der Waals surface area contributed by atoms with Gasteiger partial charge in [-0.1, -0.05) is 39.3 Å². The van der Waals surface area contributed by atoms with Crippen LogP contribution in [-0.4, -0.2) is 20.8 Å². The third-order valence-electron chi connectivity index (χ3n) is 3.49. The number of hydrogen-bond donors (Lipinski definition) is 1. The Kier molecular flexibility index (Phi) is 6.82. The summed E-state index contributed by atoms with van der Waals surface area (Å²) in [4.78, 5) is 0. The summed E-state index contributed by atoms with van der Waals surface area (Å²) in [7, 11) is 3.24. The van der Waals surface area contributed by atoms with Crippen LogP contribution in [0.1, 0.15) is 52.1 Å². The van der Waals surface area contributed by atoms with Crippen LogP contribution < -0.4 is 14.8 Å². The third-order valence-corrected chi connectivity index (χ3v) is 3.77. The number of nitrogens with one attached hydrogen (secondary N) is 1. The van der Waals surface area contributed by atoms with Crippen molar-refractivity contribution in [2.24, 2.45) is 5.41 Å². The van der Waals surface area contributed by atoms with Crippen molar-refractivity contribution in [1.29, 1.82) is 0 Å². The topological polar surface area (TPSA) is 30.5 Å². The molecule has 1 N–H and O–H groups in total. The maximum atomic E-state index is 6.31. The Morgan fingerprint density at radius 1 is 1.19 bits per heavy atom. The van der Waals surface area contributed by atoms with Crippen molar-refractivity contribution in [1.82, 2.24) is 5.32 Å². The number of methoxy groups -OCH3 is 2. The third kappa shape index (κ3) is 5.40. The molecule has 120 valence electrons. The van der Waals surface area contributed by atoms with E-state index in [2.05, 4.69) is 33.0 Å². The maximum absolute atomic E-state index is 6.31. The molecule has 0 fully saturated rings. The van der Waals surface area contributed by atoms with Crippen LogP contribution in [0.4, 0.5) is 0 Å². The first kappa shape index (κ1) is 18.1. The van der Waals surface area contributed by atoms with Gasteiger partial charge in [0.15, 0.2) is 11.5 Å². The summed E-state index contributed by atoms with van der Waals surface area (Å²) in [5.41, 5.74) is 1.46. The Hall–Kier alpha value is -0.930. The average molecular weight is 314 g/mol. The molecule has 0 aliphatic rings. The Labute approximate surface area is 134 Å². The molecule has 0 saturated heterocycles.